The van der Waals surface area contributed by atoms with Gasteiger partial charge in [0.15, 0.2) is 11.5 Å². The van der Waals surface area contributed by atoms with Crippen LogP contribution >= 0.6 is 0 Å². The highest BCUT2D eigenvalue weighted by Crippen LogP contribution is 2.29. The molecule has 0 radical (unpaired) electrons. The Labute approximate surface area is 121 Å². The standard InChI is InChI=1S/C17H13NO3/c1-11-7-8-13(16-10-15(17(19)20)18-21-16)9-14(11)12-5-3-2-4-6-12/h2-10H,1H3,(H,19,20). The molecule has 0 spiro atoms. The summed E-state index contributed by atoms with van der Waals surface area (Å²) in [7, 11) is 0. The molecule has 0 saturated carbocycles. The summed E-state index contributed by atoms with van der Waals surface area (Å²) >= 11 is 0. The lowest BCUT2D eigenvalue weighted by Gasteiger charge is -2.07. The smallest absolute Gasteiger partial charge is 0.358 e. The van der Waals surface area contributed by atoms with Crippen molar-refractivity contribution in [2.45, 2.75) is 6.92 Å². The van der Waals surface area contributed by atoms with Gasteiger partial charge in [-0.15, -0.1) is 0 Å². The molecule has 0 aliphatic carbocycles. The molecule has 0 bridgehead atoms. The van der Waals surface area contributed by atoms with Gasteiger partial charge in [-0.3, -0.25) is 0 Å². The van der Waals surface area contributed by atoms with Crippen molar-refractivity contribution in [3.05, 3.63) is 65.9 Å². The highest BCUT2D eigenvalue weighted by Gasteiger charge is 2.13. The summed E-state index contributed by atoms with van der Waals surface area (Å²) in [5.41, 5.74) is 4.05. The van der Waals surface area contributed by atoms with E-state index in [1.54, 1.807) is 0 Å². The molecule has 0 atom stereocenters. The van der Waals surface area contributed by atoms with E-state index >= 15 is 0 Å². The lowest BCUT2D eigenvalue weighted by molar-refractivity contribution is 0.0686. The van der Waals surface area contributed by atoms with Gasteiger partial charge in [0, 0.05) is 11.6 Å². The Morgan fingerprint density at radius 2 is 1.81 bits per heavy atom. The van der Waals surface area contributed by atoms with E-state index in [9.17, 15) is 4.79 Å². The van der Waals surface area contributed by atoms with Crippen LogP contribution in [0.4, 0.5) is 0 Å². The number of hydrogen-bond donors (Lipinski definition) is 1. The molecule has 0 fully saturated rings. The maximum absolute atomic E-state index is 10.9. The van der Waals surface area contributed by atoms with E-state index in [-0.39, 0.29) is 5.69 Å². The van der Waals surface area contributed by atoms with Crippen LogP contribution in [-0.4, -0.2) is 16.2 Å². The molecule has 3 aromatic rings. The largest absolute Gasteiger partial charge is 0.476 e. The minimum atomic E-state index is -1.10. The highest BCUT2D eigenvalue weighted by molar-refractivity contribution is 5.86. The van der Waals surface area contributed by atoms with Crippen LogP contribution in [-0.2, 0) is 0 Å². The summed E-state index contributed by atoms with van der Waals surface area (Å²) in [5, 5.41) is 12.4. The van der Waals surface area contributed by atoms with E-state index in [0.29, 0.717) is 5.76 Å². The molecule has 1 aromatic heterocycles. The second-order valence-corrected chi connectivity index (χ2v) is 4.78. The van der Waals surface area contributed by atoms with Crippen LogP contribution in [0, 0.1) is 6.92 Å². The molecule has 0 amide bonds. The van der Waals surface area contributed by atoms with Crippen molar-refractivity contribution in [3.8, 4) is 22.5 Å². The zero-order valence-electron chi connectivity index (χ0n) is 11.4. The fourth-order valence-electron chi connectivity index (χ4n) is 2.22. The third kappa shape index (κ3) is 2.56. The van der Waals surface area contributed by atoms with Crippen LogP contribution < -0.4 is 0 Å². The second-order valence-electron chi connectivity index (χ2n) is 4.78. The van der Waals surface area contributed by atoms with E-state index in [1.807, 2.05) is 55.5 Å². The summed E-state index contributed by atoms with van der Waals surface area (Å²) in [6.07, 6.45) is 0. The summed E-state index contributed by atoms with van der Waals surface area (Å²) in [4.78, 5) is 10.9. The first-order valence-electron chi connectivity index (χ1n) is 6.51. The maximum Gasteiger partial charge on any atom is 0.358 e. The van der Waals surface area contributed by atoms with Gasteiger partial charge in [0.25, 0.3) is 0 Å². The first-order valence-corrected chi connectivity index (χ1v) is 6.51. The zero-order chi connectivity index (χ0) is 14.8. The van der Waals surface area contributed by atoms with E-state index in [2.05, 4.69) is 5.16 Å². The number of hydrogen-bond acceptors (Lipinski definition) is 3. The number of aromatic nitrogens is 1. The molecule has 0 unspecified atom stereocenters. The van der Waals surface area contributed by atoms with E-state index < -0.39 is 5.97 Å². The number of nitrogens with zero attached hydrogens (tertiary/aromatic N) is 1. The highest BCUT2D eigenvalue weighted by atomic mass is 16.5. The molecule has 4 nitrogen and oxygen atoms in total. The number of aromatic carboxylic acids is 1. The molecule has 21 heavy (non-hydrogen) atoms. The van der Waals surface area contributed by atoms with Gasteiger partial charge >= 0.3 is 5.97 Å². The monoisotopic (exact) mass is 279 g/mol. The van der Waals surface area contributed by atoms with Crippen molar-refractivity contribution < 1.29 is 14.4 Å². The van der Waals surface area contributed by atoms with Gasteiger partial charge in [-0.05, 0) is 29.7 Å². The van der Waals surface area contributed by atoms with Gasteiger partial charge < -0.3 is 9.63 Å². The Hall–Kier alpha value is -2.88. The van der Waals surface area contributed by atoms with Crippen molar-refractivity contribution >= 4 is 5.97 Å². The SMILES string of the molecule is Cc1ccc(-c2cc(C(=O)O)no2)cc1-c1ccccc1. The molecule has 0 aliphatic heterocycles. The number of carbonyl (C=O) groups is 1. The number of benzene rings is 2. The quantitative estimate of drug-likeness (QED) is 0.786. The van der Waals surface area contributed by atoms with Crippen molar-refractivity contribution in [1.82, 2.24) is 5.16 Å². The number of carboxylic acids is 1. The van der Waals surface area contributed by atoms with E-state index in [4.69, 9.17) is 9.63 Å². The normalized spacial score (nSPS) is 10.5. The lowest BCUT2D eigenvalue weighted by Crippen LogP contribution is -1.94. The molecule has 0 saturated heterocycles. The summed E-state index contributed by atoms with van der Waals surface area (Å²) in [5.74, 6) is -0.648. The molecule has 2 aromatic carbocycles. The molecular weight excluding hydrogens is 266 g/mol. The summed E-state index contributed by atoms with van der Waals surface area (Å²) in [6, 6.07) is 17.3. The molecular formula is C17H13NO3. The third-order valence-electron chi connectivity index (χ3n) is 3.34. The number of rotatable bonds is 3. The topological polar surface area (TPSA) is 63.3 Å². The third-order valence-corrected chi connectivity index (χ3v) is 3.34. The number of carboxylic acid groups (broad SMARTS) is 1. The van der Waals surface area contributed by atoms with Gasteiger partial charge in [-0.25, -0.2) is 4.79 Å². The predicted octanol–water partition coefficient (Wildman–Crippen LogP) is 4.02. The van der Waals surface area contributed by atoms with Crippen molar-refractivity contribution in [1.29, 1.82) is 0 Å². The Balaban J connectivity index is 2.07. The Bertz CT molecular complexity index is 791. The minimum Gasteiger partial charge on any atom is -0.476 e. The van der Waals surface area contributed by atoms with Gasteiger partial charge in [0.05, 0.1) is 0 Å². The van der Waals surface area contributed by atoms with Gasteiger partial charge in [0.1, 0.15) is 0 Å². The number of aryl methyl sites for hydroxylation is 1. The Kier molecular flexibility index (Phi) is 3.28. The van der Waals surface area contributed by atoms with Crippen LogP contribution in [0.1, 0.15) is 16.1 Å². The van der Waals surface area contributed by atoms with Crippen molar-refractivity contribution in [2.24, 2.45) is 0 Å². The predicted molar refractivity (Wildman–Crippen MR) is 79.1 cm³/mol. The lowest BCUT2D eigenvalue weighted by atomic mass is 9.97. The summed E-state index contributed by atoms with van der Waals surface area (Å²) in [6.45, 7) is 2.04. The van der Waals surface area contributed by atoms with Crippen molar-refractivity contribution in [3.63, 3.8) is 0 Å². The molecule has 0 aliphatic rings. The Morgan fingerprint density at radius 1 is 1.05 bits per heavy atom. The molecule has 3 rings (SSSR count). The second kappa shape index (κ2) is 5.25. The summed E-state index contributed by atoms with van der Waals surface area (Å²) < 4.78 is 5.11. The van der Waals surface area contributed by atoms with Crippen LogP contribution in [0.25, 0.3) is 22.5 Å². The van der Waals surface area contributed by atoms with Crippen LogP contribution in [0.15, 0.2) is 59.1 Å². The average Bonchev–Trinajstić information content (AvgIpc) is 2.99. The molecule has 104 valence electrons. The van der Waals surface area contributed by atoms with Gasteiger partial charge in [-0.1, -0.05) is 47.6 Å². The average molecular weight is 279 g/mol. The van der Waals surface area contributed by atoms with Gasteiger partial charge in [0.2, 0.25) is 0 Å². The van der Waals surface area contributed by atoms with Crippen LogP contribution in [0.5, 0.6) is 0 Å². The van der Waals surface area contributed by atoms with Gasteiger partial charge in [-0.2, -0.15) is 0 Å². The minimum absolute atomic E-state index is 0.0909. The van der Waals surface area contributed by atoms with Crippen LogP contribution in [0.2, 0.25) is 0 Å². The molecule has 1 N–H and O–H groups in total. The van der Waals surface area contributed by atoms with E-state index in [0.717, 1.165) is 22.3 Å². The first-order chi connectivity index (χ1) is 10.1. The first kappa shape index (κ1) is 13.1. The fourth-order valence-corrected chi connectivity index (χ4v) is 2.22. The Morgan fingerprint density at radius 3 is 2.48 bits per heavy atom. The zero-order valence-corrected chi connectivity index (χ0v) is 11.4. The van der Waals surface area contributed by atoms with E-state index in [1.165, 1.54) is 6.07 Å². The molecule has 4 heteroatoms. The maximum atomic E-state index is 10.9. The van der Waals surface area contributed by atoms with Crippen LogP contribution in [0.3, 0.4) is 0 Å². The van der Waals surface area contributed by atoms with Crippen molar-refractivity contribution in [2.75, 3.05) is 0 Å². The fraction of sp³-hybridized carbons (Fsp3) is 0.0588. The molecule has 1 heterocycles.